The number of hydrogen-bond acceptors (Lipinski definition) is 4. The molecule has 114 valence electrons. The second kappa shape index (κ2) is 9.70. The quantitative estimate of drug-likeness (QED) is 0.590. The van der Waals surface area contributed by atoms with Gasteiger partial charge in [0.2, 0.25) is 0 Å². The Morgan fingerprint density at radius 2 is 1.84 bits per heavy atom. The molecule has 0 aromatic heterocycles. The van der Waals surface area contributed by atoms with E-state index in [1.807, 2.05) is 0 Å². The highest BCUT2D eigenvalue weighted by atomic mass is 16.5. The van der Waals surface area contributed by atoms with Gasteiger partial charge in [-0.05, 0) is 33.9 Å². The van der Waals surface area contributed by atoms with Gasteiger partial charge in [0.15, 0.2) is 0 Å². The average Bonchev–Trinajstić information content (AvgIpc) is 2.42. The molecule has 1 heterocycles. The summed E-state index contributed by atoms with van der Waals surface area (Å²) in [5.74, 6) is 0. The van der Waals surface area contributed by atoms with Gasteiger partial charge >= 0.3 is 0 Å². The summed E-state index contributed by atoms with van der Waals surface area (Å²) in [6, 6.07) is 0. The lowest BCUT2D eigenvalue weighted by Gasteiger charge is -2.33. The maximum Gasteiger partial charge on any atom is 0.0544 e. The van der Waals surface area contributed by atoms with Gasteiger partial charge in [-0.25, -0.2) is 0 Å². The van der Waals surface area contributed by atoms with Crippen LogP contribution in [-0.4, -0.2) is 87.3 Å². The monoisotopic (exact) mass is 271 g/mol. The molecule has 0 spiro atoms. The summed E-state index contributed by atoms with van der Waals surface area (Å²) in [5.41, 5.74) is 0. The van der Waals surface area contributed by atoms with Crippen molar-refractivity contribution in [2.75, 3.05) is 66.5 Å². The molecule has 4 nitrogen and oxygen atoms in total. The third kappa shape index (κ3) is 7.88. The van der Waals surface area contributed by atoms with Crippen LogP contribution < -0.4 is 0 Å². The molecule has 0 aromatic carbocycles. The molecule has 0 aliphatic carbocycles. The molecular formula is C15H33N3O. The zero-order valence-corrected chi connectivity index (χ0v) is 13.4. The van der Waals surface area contributed by atoms with Crippen LogP contribution in [0.25, 0.3) is 0 Å². The van der Waals surface area contributed by atoms with Crippen LogP contribution in [0.4, 0.5) is 0 Å². The number of nitrogens with zero attached hydrogens (tertiary/aromatic N) is 3. The van der Waals surface area contributed by atoms with Crippen LogP contribution >= 0.6 is 0 Å². The van der Waals surface area contributed by atoms with Crippen LogP contribution in [0.2, 0.25) is 0 Å². The summed E-state index contributed by atoms with van der Waals surface area (Å²) in [6.45, 7) is 13.6. The van der Waals surface area contributed by atoms with Crippen molar-refractivity contribution in [3.8, 4) is 0 Å². The topological polar surface area (TPSA) is 19.0 Å². The van der Waals surface area contributed by atoms with Gasteiger partial charge in [0.1, 0.15) is 0 Å². The molecule has 0 saturated carbocycles. The molecular weight excluding hydrogens is 238 g/mol. The van der Waals surface area contributed by atoms with E-state index in [1.54, 1.807) is 0 Å². The molecule has 4 heteroatoms. The fourth-order valence-electron chi connectivity index (χ4n) is 2.23. The Morgan fingerprint density at radius 3 is 2.47 bits per heavy atom. The van der Waals surface area contributed by atoms with E-state index in [0.29, 0.717) is 6.10 Å². The molecule has 0 amide bonds. The Kier molecular flexibility index (Phi) is 8.62. The Hall–Kier alpha value is -0.160. The summed E-state index contributed by atoms with van der Waals surface area (Å²) in [5, 5.41) is 0. The van der Waals surface area contributed by atoms with Gasteiger partial charge in [0.25, 0.3) is 0 Å². The van der Waals surface area contributed by atoms with Crippen molar-refractivity contribution in [1.82, 2.24) is 14.7 Å². The van der Waals surface area contributed by atoms with Crippen LogP contribution in [0.1, 0.15) is 26.7 Å². The molecule has 0 bridgehead atoms. The summed E-state index contributed by atoms with van der Waals surface area (Å²) < 4.78 is 5.71. The third-order valence-corrected chi connectivity index (χ3v) is 4.06. The maximum absolute atomic E-state index is 5.71. The van der Waals surface area contributed by atoms with Crippen molar-refractivity contribution in [2.24, 2.45) is 0 Å². The van der Waals surface area contributed by atoms with Crippen molar-refractivity contribution in [3.05, 3.63) is 0 Å². The highest BCUT2D eigenvalue weighted by Crippen LogP contribution is 2.00. The predicted octanol–water partition coefficient (Wildman–Crippen LogP) is 1.37. The van der Waals surface area contributed by atoms with Crippen molar-refractivity contribution in [1.29, 1.82) is 0 Å². The third-order valence-electron chi connectivity index (χ3n) is 4.06. The lowest BCUT2D eigenvalue weighted by molar-refractivity contribution is 0.0569. The number of ether oxygens (including phenoxy) is 1. The summed E-state index contributed by atoms with van der Waals surface area (Å²) >= 11 is 0. The highest BCUT2D eigenvalue weighted by molar-refractivity contribution is 4.70. The maximum atomic E-state index is 5.71. The van der Waals surface area contributed by atoms with E-state index in [0.717, 1.165) is 26.0 Å². The molecule has 1 aliphatic heterocycles. The van der Waals surface area contributed by atoms with E-state index < -0.39 is 0 Å². The van der Waals surface area contributed by atoms with Gasteiger partial charge in [0, 0.05) is 52.4 Å². The molecule has 1 aliphatic rings. The molecule has 1 rings (SSSR count). The van der Waals surface area contributed by atoms with Crippen LogP contribution in [0, 0.1) is 0 Å². The number of hydrogen-bond donors (Lipinski definition) is 0. The van der Waals surface area contributed by atoms with Crippen LogP contribution in [0.5, 0.6) is 0 Å². The lowest BCUT2D eigenvalue weighted by Crippen LogP contribution is -2.46. The first kappa shape index (κ1) is 16.9. The van der Waals surface area contributed by atoms with Gasteiger partial charge in [-0.15, -0.1) is 0 Å². The number of likely N-dealkylation sites (N-methyl/N-ethyl adjacent to an activating group) is 2. The minimum atomic E-state index is 0.413. The smallest absolute Gasteiger partial charge is 0.0544 e. The molecule has 0 radical (unpaired) electrons. The first-order chi connectivity index (χ1) is 9.11. The van der Waals surface area contributed by atoms with Crippen molar-refractivity contribution < 1.29 is 4.74 Å². The fourth-order valence-corrected chi connectivity index (χ4v) is 2.23. The molecule has 1 unspecified atom stereocenters. The second-order valence-electron chi connectivity index (χ2n) is 5.89. The molecule has 1 fully saturated rings. The van der Waals surface area contributed by atoms with Gasteiger partial charge < -0.3 is 14.5 Å². The molecule has 0 aromatic rings. The molecule has 1 atom stereocenters. The summed E-state index contributed by atoms with van der Waals surface area (Å²) in [7, 11) is 4.43. The average molecular weight is 271 g/mol. The molecule has 1 saturated heterocycles. The Balaban J connectivity index is 1.97. The van der Waals surface area contributed by atoms with E-state index in [4.69, 9.17) is 4.74 Å². The second-order valence-corrected chi connectivity index (χ2v) is 5.89. The van der Waals surface area contributed by atoms with Crippen molar-refractivity contribution in [2.45, 2.75) is 32.8 Å². The van der Waals surface area contributed by atoms with Crippen LogP contribution in [-0.2, 0) is 4.74 Å². The van der Waals surface area contributed by atoms with Gasteiger partial charge in [0.05, 0.1) is 6.10 Å². The van der Waals surface area contributed by atoms with E-state index in [9.17, 15) is 0 Å². The van der Waals surface area contributed by atoms with Crippen molar-refractivity contribution >= 4 is 0 Å². The number of piperazine rings is 1. The molecule has 0 N–H and O–H groups in total. The zero-order valence-electron chi connectivity index (χ0n) is 13.4. The normalized spacial score (nSPS) is 20.1. The van der Waals surface area contributed by atoms with Crippen molar-refractivity contribution in [3.63, 3.8) is 0 Å². The Bertz CT molecular complexity index is 217. The van der Waals surface area contributed by atoms with Crippen LogP contribution in [0.15, 0.2) is 0 Å². The Labute approximate surface area is 119 Å². The van der Waals surface area contributed by atoms with E-state index in [1.165, 1.54) is 39.3 Å². The fraction of sp³-hybridized carbons (Fsp3) is 1.00. The lowest BCUT2D eigenvalue weighted by atomic mass is 10.3. The Morgan fingerprint density at radius 1 is 1.16 bits per heavy atom. The standard InChI is InChI=1S/C15H33N3O/c1-5-15(2)19-14-6-7-16(3)8-11-18-12-9-17(4)10-13-18/h15H,5-14H2,1-4H3. The minimum absolute atomic E-state index is 0.413. The number of rotatable bonds is 9. The summed E-state index contributed by atoms with van der Waals surface area (Å²) in [4.78, 5) is 7.41. The van der Waals surface area contributed by atoms with E-state index in [2.05, 4.69) is 42.6 Å². The van der Waals surface area contributed by atoms with Crippen LogP contribution in [0.3, 0.4) is 0 Å². The predicted molar refractivity (Wildman–Crippen MR) is 81.8 cm³/mol. The largest absolute Gasteiger partial charge is 0.378 e. The van der Waals surface area contributed by atoms with Gasteiger partial charge in [-0.1, -0.05) is 6.92 Å². The van der Waals surface area contributed by atoms with E-state index in [-0.39, 0.29) is 0 Å². The summed E-state index contributed by atoms with van der Waals surface area (Å²) in [6.07, 6.45) is 2.67. The minimum Gasteiger partial charge on any atom is -0.378 e. The zero-order chi connectivity index (χ0) is 14.1. The van der Waals surface area contributed by atoms with E-state index >= 15 is 0 Å². The first-order valence-electron chi connectivity index (χ1n) is 7.83. The molecule has 19 heavy (non-hydrogen) atoms. The SMILES string of the molecule is CCC(C)OCCCN(C)CCN1CCN(C)CC1. The first-order valence-corrected chi connectivity index (χ1v) is 7.83. The highest BCUT2D eigenvalue weighted by Gasteiger charge is 2.13. The van der Waals surface area contributed by atoms with Gasteiger partial charge in [-0.3, -0.25) is 4.90 Å². The van der Waals surface area contributed by atoms with Gasteiger partial charge in [-0.2, -0.15) is 0 Å².